The first-order chi connectivity index (χ1) is 9.08. The molecule has 0 bridgehead atoms. The minimum atomic E-state index is -0.653. The summed E-state index contributed by atoms with van der Waals surface area (Å²) in [6.07, 6.45) is 6.03. The Bertz CT molecular complexity index is 377. The van der Waals surface area contributed by atoms with Crippen LogP contribution in [-0.2, 0) is 14.4 Å². The van der Waals surface area contributed by atoms with Crippen LogP contribution < -0.4 is 11.1 Å². The van der Waals surface area contributed by atoms with Gasteiger partial charge in [0, 0.05) is 12.5 Å². The molecule has 0 spiro atoms. The molecule has 2 aliphatic rings. The summed E-state index contributed by atoms with van der Waals surface area (Å²) in [4.78, 5) is 36.3. The normalized spacial score (nSPS) is 25.5. The van der Waals surface area contributed by atoms with Gasteiger partial charge in [0.15, 0.2) is 0 Å². The molecule has 1 unspecified atom stereocenters. The number of nitrogens with two attached hydrogens (primary N) is 1. The van der Waals surface area contributed by atoms with Gasteiger partial charge in [-0.3, -0.25) is 19.3 Å². The van der Waals surface area contributed by atoms with E-state index < -0.39 is 11.9 Å². The van der Waals surface area contributed by atoms with Crippen molar-refractivity contribution in [1.29, 1.82) is 0 Å². The second kappa shape index (κ2) is 6.14. The first kappa shape index (κ1) is 14.0. The number of carbonyl (C=O) groups excluding carboxylic acids is 3. The molecule has 19 heavy (non-hydrogen) atoms. The molecule has 6 heteroatoms. The molecule has 3 N–H and O–H groups in total. The molecule has 6 nitrogen and oxygen atoms in total. The average Bonchev–Trinajstić information content (AvgIpc) is 2.40. The van der Waals surface area contributed by atoms with Crippen LogP contribution in [0, 0.1) is 0 Å². The Morgan fingerprint density at radius 2 is 1.89 bits per heavy atom. The molecule has 0 aromatic carbocycles. The van der Waals surface area contributed by atoms with Gasteiger partial charge in [0.1, 0.15) is 6.54 Å². The van der Waals surface area contributed by atoms with Crippen molar-refractivity contribution < 1.29 is 14.4 Å². The van der Waals surface area contributed by atoms with Crippen molar-refractivity contribution >= 4 is 17.7 Å². The molecule has 0 aromatic heterocycles. The van der Waals surface area contributed by atoms with Gasteiger partial charge in [-0.1, -0.05) is 19.3 Å². The van der Waals surface area contributed by atoms with Gasteiger partial charge in [-0.15, -0.1) is 0 Å². The van der Waals surface area contributed by atoms with Gasteiger partial charge in [0.05, 0.1) is 6.04 Å². The summed E-state index contributed by atoms with van der Waals surface area (Å²) in [5.41, 5.74) is 5.62. The highest BCUT2D eigenvalue weighted by Gasteiger charge is 2.33. The van der Waals surface area contributed by atoms with Gasteiger partial charge in [0.25, 0.3) is 0 Å². The van der Waals surface area contributed by atoms with Gasteiger partial charge in [-0.2, -0.15) is 0 Å². The highest BCUT2D eigenvalue weighted by Crippen LogP contribution is 2.17. The van der Waals surface area contributed by atoms with E-state index >= 15 is 0 Å². The van der Waals surface area contributed by atoms with Crippen molar-refractivity contribution in [2.45, 2.75) is 57.0 Å². The van der Waals surface area contributed by atoms with E-state index in [0.29, 0.717) is 6.42 Å². The van der Waals surface area contributed by atoms with E-state index in [0.717, 1.165) is 30.6 Å². The monoisotopic (exact) mass is 267 g/mol. The van der Waals surface area contributed by atoms with Gasteiger partial charge in [-0.25, -0.2) is 0 Å². The summed E-state index contributed by atoms with van der Waals surface area (Å²) in [5.74, 6) is -0.997. The molecular formula is C13H21N3O3. The largest absolute Gasteiger partial charge is 0.352 e. The lowest BCUT2D eigenvalue weighted by Gasteiger charge is -2.29. The number of rotatable bonds is 3. The van der Waals surface area contributed by atoms with Gasteiger partial charge in [0.2, 0.25) is 17.7 Å². The molecule has 1 saturated heterocycles. The molecule has 1 aliphatic heterocycles. The molecule has 0 radical (unpaired) electrons. The van der Waals surface area contributed by atoms with Crippen molar-refractivity contribution in [3.05, 3.63) is 0 Å². The Hall–Kier alpha value is -1.43. The predicted molar refractivity (Wildman–Crippen MR) is 68.9 cm³/mol. The first-order valence-electron chi connectivity index (χ1n) is 6.97. The SMILES string of the molecule is NC1CCC(=O)N(CC(=O)NC2CCCCC2)C1=O. The Balaban J connectivity index is 1.86. The second-order valence-electron chi connectivity index (χ2n) is 5.37. The lowest BCUT2D eigenvalue weighted by Crippen LogP contribution is -2.54. The number of amides is 3. The summed E-state index contributed by atoms with van der Waals surface area (Å²) in [5, 5.41) is 2.90. The lowest BCUT2D eigenvalue weighted by atomic mass is 9.95. The van der Waals surface area contributed by atoms with E-state index in [1.165, 1.54) is 6.42 Å². The number of hydrogen-bond acceptors (Lipinski definition) is 4. The number of hydrogen-bond donors (Lipinski definition) is 2. The number of likely N-dealkylation sites (tertiary alicyclic amines) is 1. The van der Waals surface area contributed by atoms with Crippen LogP contribution in [0.3, 0.4) is 0 Å². The van der Waals surface area contributed by atoms with E-state index in [2.05, 4.69) is 5.32 Å². The lowest BCUT2D eigenvalue weighted by molar-refractivity contribution is -0.151. The van der Waals surface area contributed by atoms with Crippen molar-refractivity contribution in [1.82, 2.24) is 10.2 Å². The predicted octanol–water partition coefficient (Wildman–Crippen LogP) is -0.0884. The van der Waals surface area contributed by atoms with Crippen LogP contribution in [0.4, 0.5) is 0 Å². The molecule has 1 atom stereocenters. The quantitative estimate of drug-likeness (QED) is 0.699. The summed E-state index contributed by atoms with van der Waals surface area (Å²) >= 11 is 0. The molecule has 1 aliphatic carbocycles. The fraction of sp³-hybridized carbons (Fsp3) is 0.769. The molecule has 1 saturated carbocycles. The smallest absolute Gasteiger partial charge is 0.246 e. The molecule has 3 amide bonds. The zero-order valence-electron chi connectivity index (χ0n) is 11.1. The maximum atomic E-state index is 11.9. The molecule has 1 heterocycles. The second-order valence-corrected chi connectivity index (χ2v) is 5.37. The zero-order valence-corrected chi connectivity index (χ0v) is 11.1. The Labute approximate surface area is 112 Å². The summed E-state index contributed by atoms with van der Waals surface area (Å²) in [6, 6.07) is -0.468. The minimum Gasteiger partial charge on any atom is -0.352 e. The maximum absolute atomic E-state index is 11.9. The van der Waals surface area contributed by atoms with Crippen LogP contribution in [-0.4, -0.2) is 41.2 Å². The number of nitrogens with zero attached hydrogens (tertiary/aromatic N) is 1. The highest BCUT2D eigenvalue weighted by molar-refractivity contribution is 6.03. The fourth-order valence-corrected chi connectivity index (χ4v) is 2.69. The molecule has 0 aromatic rings. The van der Waals surface area contributed by atoms with Crippen molar-refractivity contribution in [3.63, 3.8) is 0 Å². The van der Waals surface area contributed by atoms with E-state index in [1.54, 1.807) is 0 Å². The van der Waals surface area contributed by atoms with Crippen molar-refractivity contribution in [2.75, 3.05) is 6.54 Å². The Morgan fingerprint density at radius 1 is 1.21 bits per heavy atom. The third-order valence-electron chi connectivity index (χ3n) is 3.83. The van der Waals surface area contributed by atoms with Gasteiger partial charge < -0.3 is 11.1 Å². The molecule has 2 rings (SSSR count). The van der Waals surface area contributed by atoms with Crippen LogP contribution in [0.1, 0.15) is 44.9 Å². The van der Waals surface area contributed by atoms with E-state index in [1.807, 2.05) is 0 Å². The third-order valence-corrected chi connectivity index (χ3v) is 3.83. The number of piperidine rings is 1. The van der Waals surface area contributed by atoms with E-state index in [4.69, 9.17) is 5.73 Å². The summed E-state index contributed by atoms with van der Waals surface area (Å²) in [7, 11) is 0. The van der Waals surface area contributed by atoms with Crippen LogP contribution >= 0.6 is 0 Å². The Kier molecular flexibility index (Phi) is 4.52. The topological polar surface area (TPSA) is 92.5 Å². The molecular weight excluding hydrogens is 246 g/mol. The average molecular weight is 267 g/mol. The van der Waals surface area contributed by atoms with Crippen LogP contribution in [0.5, 0.6) is 0 Å². The number of nitrogens with one attached hydrogen (secondary N) is 1. The maximum Gasteiger partial charge on any atom is 0.246 e. The Morgan fingerprint density at radius 3 is 2.58 bits per heavy atom. The third kappa shape index (κ3) is 3.53. The standard InChI is InChI=1S/C13H21N3O3/c14-10-6-7-12(18)16(13(10)19)8-11(17)15-9-4-2-1-3-5-9/h9-10H,1-8,14H2,(H,15,17). The highest BCUT2D eigenvalue weighted by atomic mass is 16.2. The number of carbonyl (C=O) groups is 3. The molecule has 106 valence electrons. The summed E-state index contributed by atoms with van der Waals surface area (Å²) in [6.45, 7) is -0.193. The van der Waals surface area contributed by atoms with Crippen molar-refractivity contribution in [3.8, 4) is 0 Å². The van der Waals surface area contributed by atoms with Crippen LogP contribution in [0.2, 0.25) is 0 Å². The molecule has 2 fully saturated rings. The van der Waals surface area contributed by atoms with E-state index in [-0.39, 0.29) is 30.8 Å². The van der Waals surface area contributed by atoms with Crippen molar-refractivity contribution in [2.24, 2.45) is 5.73 Å². The van der Waals surface area contributed by atoms with Crippen LogP contribution in [0.25, 0.3) is 0 Å². The summed E-state index contributed by atoms with van der Waals surface area (Å²) < 4.78 is 0. The zero-order chi connectivity index (χ0) is 13.8. The van der Waals surface area contributed by atoms with Gasteiger partial charge >= 0.3 is 0 Å². The number of imide groups is 1. The first-order valence-corrected chi connectivity index (χ1v) is 6.97. The fourth-order valence-electron chi connectivity index (χ4n) is 2.69. The van der Waals surface area contributed by atoms with Crippen LogP contribution in [0.15, 0.2) is 0 Å². The minimum absolute atomic E-state index is 0.185. The van der Waals surface area contributed by atoms with E-state index in [9.17, 15) is 14.4 Å². The van der Waals surface area contributed by atoms with Gasteiger partial charge in [-0.05, 0) is 19.3 Å².